The predicted octanol–water partition coefficient (Wildman–Crippen LogP) is 2.46. The third-order valence-electron chi connectivity index (χ3n) is 3.71. The fourth-order valence-corrected chi connectivity index (χ4v) is 3.51. The van der Waals surface area contributed by atoms with E-state index in [4.69, 9.17) is 4.74 Å². The molecule has 0 radical (unpaired) electrons. The zero-order valence-electron chi connectivity index (χ0n) is 12.9. The molecule has 23 heavy (non-hydrogen) atoms. The van der Waals surface area contributed by atoms with Crippen molar-refractivity contribution in [1.82, 2.24) is 4.98 Å². The summed E-state index contributed by atoms with van der Waals surface area (Å²) in [6.07, 6.45) is 0.660. The summed E-state index contributed by atoms with van der Waals surface area (Å²) in [5.41, 5.74) is 1.32. The molecule has 2 aromatic rings. The Labute approximate surface area is 138 Å². The summed E-state index contributed by atoms with van der Waals surface area (Å²) in [6.45, 7) is 2.47. The molecule has 3 rings (SSSR count). The van der Waals surface area contributed by atoms with Gasteiger partial charge in [0.1, 0.15) is 16.9 Å². The van der Waals surface area contributed by atoms with Gasteiger partial charge in [0.25, 0.3) is 0 Å². The molecule has 0 spiro atoms. The lowest BCUT2D eigenvalue weighted by molar-refractivity contribution is -0.117. The van der Waals surface area contributed by atoms with E-state index in [1.54, 1.807) is 16.3 Å². The molecule has 3 heterocycles. The van der Waals surface area contributed by atoms with Gasteiger partial charge in [0.05, 0.1) is 12.7 Å². The minimum atomic E-state index is -0.425. The number of hydrogen-bond acceptors (Lipinski definition) is 6. The number of methoxy groups -OCH3 is 1. The first-order valence-corrected chi connectivity index (χ1v) is 8.15. The molecule has 1 amide bonds. The smallest absolute Gasteiger partial charge is 0.340 e. The van der Waals surface area contributed by atoms with Crippen LogP contribution in [0.1, 0.15) is 22.5 Å². The summed E-state index contributed by atoms with van der Waals surface area (Å²) in [5, 5.41) is 5.60. The Morgan fingerprint density at radius 3 is 3.00 bits per heavy atom. The second-order valence-electron chi connectivity index (χ2n) is 5.27. The number of nitrogens with one attached hydrogen (secondary N) is 1. The van der Waals surface area contributed by atoms with Crippen LogP contribution in [0.15, 0.2) is 29.6 Å². The van der Waals surface area contributed by atoms with Gasteiger partial charge in [-0.25, -0.2) is 9.78 Å². The average Bonchev–Trinajstić information content (AvgIpc) is 3.14. The quantitative estimate of drug-likeness (QED) is 0.872. The number of ether oxygens (including phenoxy) is 1. The molecule has 1 saturated heterocycles. The fraction of sp³-hybridized carbons (Fsp3) is 0.312. The number of nitrogens with zero attached hydrogens (tertiary/aromatic N) is 2. The Morgan fingerprint density at radius 1 is 1.43 bits per heavy atom. The lowest BCUT2D eigenvalue weighted by atomic mass is 10.2. The first-order valence-electron chi connectivity index (χ1n) is 7.27. The van der Waals surface area contributed by atoms with Crippen molar-refractivity contribution < 1.29 is 14.3 Å². The standard InChI is InChI=1S/C16H17N3O3S/c1-10-4-3-5-13(17-10)18-12-6-8-19(14(12)20)15-11(7-9-23-15)16(21)22-2/h3-5,7,9,12H,6,8H2,1-2H3,(H,17,18). The van der Waals surface area contributed by atoms with Crippen molar-refractivity contribution in [2.45, 2.75) is 19.4 Å². The highest BCUT2D eigenvalue weighted by Crippen LogP contribution is 2.32. The molecule has 1 N–H and O–H groups in total. The van der Waals surface area contributed by atoms with Gasteiger partial charge in [0, 0.05) is 12.2 Å². The van der Waals surface area contributed by atoms with Crippen LogP contribution in [-0.2, 0) is 9.53 Å². The topological polar surface area (TPSA) is 71.5 Å². The maximum Gasteiger partial charge on any atom is 0.340 e. The summed E-state index contributed by atoms with van der Waals surface area (Å²) in [4.78, 5) is 30.4. The third-order valence-corrected chi connectivity index (χ3v) is 4.65. The summed E-state index contributed by atoms with van der Waals surface area (Å²) in [5.74, 6) is 0.205. The van der Waals surface area contributed by atoms with Crippen LogP contribution in [0.4, 0.5) is 10.8 Å². The van der Waals surface area contributed by atoms with Gasteiger partial charge in [-0.2, -0.15) is 0 Å². The number of esters is 1. The number of amides is 1. The maximum atomic E-state index is 12.6. The van der Waals surface area contributed by atoms with E-state index >= 15 is 0 Å². The molecule has 0 aliphatic carbocycles. The molecule has 2 aromatic heterocycles. The Morgan fingerprint density at radius 2 is 2.26 bits per heavy atom. The Hall–Kier alpha value is -2.41. The SMILES string of the molecule is COC(=O)c1ccsc1N1CCC(Nc2cccc(C)n2)C1=O. The number of rotatable bonds is 4. The molecule has 1 fully saturated rings. The van der Waals surface area contributed by atoms with Crippen LogP contribution >= 0.6 is 11.3 Å². The van der Waals surface area contributed by atoms with E-state index in [9.17, 15) is 9.59 Å². The van der Waals surface area contributed by atoms with Gasteiger partial charge in [-0.1, -0.05) is 6.07 Å². The van der Waals surface area contributed by atoms with Crippen molar-refractivity contribution in [2.75, 3.05) is 23.9 Å². The van der Waals surface area contributed by atoms with Crippen molar-refractivity contribution in [3.8, 4) is 0 Å². The lowest BCUT2D eigenvalue weighted by Crippen LogP contribution is -2.34. The van der Waals surface area contributed by atoms with E-state index in [1.807, 2.05) is 25.1 Å². The second-order valence-corrected chi connectivity index (χ2v) is 6.17. The third kappa shape index (κ3) is 3.05. The number of carbonyl (C=O) groups excluding carboxylic acids is 2. The molecule has 1 unspecified atom stereocenters. The minimum Gasteiger partial charge on any atom is -0.465 e. The van der Waals surface area contributed by atoms with Crippen LogP contribution in [0, 0.1) is 6.92 Å². The zero-order valence-corrected chi connectivity index (χ0v) is 13.7. The van der Waals surface area contributed by atoms with E-state index in [1.165, 1.54) is 18.4 Å². The highest BCUT2D eigenvalue weighted by Gasteiger charge is 2.35. The second kappa shape index (κ2) is 6.37. The Balaban J connectivity index is 1.77. The van der Waals surface area contributed by atoms with Crippen molar-refractivity contribution >= 4 is 34.0 Å². The van der Waals surface area contributed by atoms with Crippen LogP contribution in [0.2, 0.25) is 0 Å². The molecule has 6 nitrogen and oxygen atoms in total. The molecule has 0 bridgehead atoms. The van der Waals surface area contributed by atoms with E-state index in [-0.39, 0.29) is 11.9 Å². The van der Waals surface area contributed by atoms with Gasteiger partial charge in [0.15, 0.2) is 0 Å². The van der Waals surface area contributed by atoms with Crippen molar-refractivity contribution in [3.05, 3.63) is 40.9 Å². The highest BCUT2D eigenvalue weighted by atomic mass is 32.1. The maximum absolute atomic E-state index is 12.6. The molecule has 1 atom stereocenters. The number of thiophene rings is 1. The van der Waals surface area contributed by atoms with Crippen molar-refractivity contribution in [1.29, 1.82) is 0 Å². The van der Waals surface area contributed by atoms with E-state index in [0.29, 0.717) is 29.3 Å². The van der Waals surface area contributed by atoms with Gasteiger partial charge in [-0.15, -0.1) is 11.3 Å². The summed E-state index contributed by atoms with van der Waals surface area (Å²) >= 11 is 1.37. The van der Waals surface area contributed by atoms with Gasteiger partial charge in [-0.05, 0) is 36.9 Å². The zero-order chi connectivity index (χ0) is 16.4. The van der Waals surface area contributed by atoms with Crippen molar-refractivity contribution in [3.63, 3.8) is 0 Å². The molecular weight excluding hydrogens is 314 g/mol. The van der Waals surface area contributed by atoms with Crippen LogP contribution < -0.4 is 10.2 Å². The normalized spacial score (nSPS) is 17.4. The van der Waals surface area contributed by atoms with E-state index < -0.39 is 5.97 Å². The molecule has 0 saturated carbocycles. The Bertz CT molecular complexity index is 744. The molecular formula is C16H17N3O3S. The van der Waals surface area contributed by atoms with Crippen molar-refractivity contribution in [2.24, 2.45) is 0 Å². The summed E-state index contributed by atoms with van der Waals surface area (Å²) < 4.78 is 4.77. The van der Waals surface area contributed by atoms with Gasteiger partial charge >= 0.3 is 5.97 Å². The fourth-order valence-electron chi connectivity index (χ4n) is 2.59. The number of aromatic nitrogens is 1. The first kappa shape index (κ1) is 15.5. The minimum absolute atomic E-state index is 0.0547. The predicted molar refractivity (Wildman–Crippen MR) is 89.0 cm³/mol. The molecule has 7 heteroatoms. The monoisotopic (exact) mass is 331 g/mol. The Kier molecular flexibility index (Phi) is 4.29. The summed E-state index contributed by atoms with van der Waals surface area (Å²) in [7, 11) is 1.34. The molecule has 120 valence electrons. The van der Waals surface area contributed by atoms with Gasteiger partial charge < -0.3 is 15.0 Å². The van der Waals surface area contributed by atoms with Crippen LogP contribution in [0.3, 0.4) is 0 Å². The van der Waals surface area contributed by atoms with Gasteiger partial charge in [0.2, 0.25) is 5.91 Å². The number of aryl methyl sites for hydroxylation is 1. The van der Waals surface area contributed by atoms with Gasteiger partial charge in [-0.3, -0.25) is 4.79 Å². The number of anilines is 2. The van der Waals surface area contributed by atoms with E-state index in [2.05, 4.69) is 10.3 Å². The number of carbonyl (C=O) groups is 2. The highest BCUT2D eigenvalue weighted by molar-refractivity contribution is 7.14. The van der Waals surface area contributed by atoms with Crippen LogP contribution in [0.25, 0.3) is 0 Å². The van der Waals surface area contributed by atoms with E-state index in [0.717, 1.165) is 5.69 Å². The summed E-state index contributed by atoms with van der Waals surface area (Å²) in [6, 6.07) is 6.99. The van der Waals surface area contributed by atoms with Crippen LogP contribution in [0.5, 0.6) is 0 Å². The molecule has 1 aliphatic heterocycles. The largest absolute Gasteiger partial charge is 0.465 e. The molecule has 1 aliphatic rings. The van der Waals surface area contributed by atoms with Crippen LogP contribution in [-0.4, -0.2) is 36.6 Å². The first-order chi connectivity index (χ1) is 11.1. The number of hydrogen-bond donors (Lipinski definition) is 1. The average molecular weight is 331 g/mol. The number of pyridine rings is 1. The lowest BCUT2D eigenvalue weighted by Gasteiger charge is -2.17. The molecule has 0 aromatic carbocycles.